The van der Waals surface area contributed by atoms with Crippen molar-refractivity contribution < 1.29 is 13.5 Å². The van der Waals surface area contributed by atoms with E-state index in [-0.39, 0.29) is 16.8 Å². The van der Waals surface area contributed by atoms with E-state index in [4.69, 9.17) is 9.15 Å². The van der Waals surface area contributed by atoms with Gasteiger partial charge in [0.05, 0.1) is 17.3 Å². The van der Waals surface area contributed by atoms with Crippen LogP contribution in [0.2, 0.25) is 0 Å². The van der Waals surface area contributed by atoms with Crippen LogP contribution < -0.4 is 16.0 Å². The van der Waals surface area contributed by atoms with Gasteiger partial charge in [-0.15, -0.1) is 0 Å². The summed E-state index contributed by atoms with van der Waals surface area (Å²) < 4.78 is 26.2. The van der Waals surface area contributed by atoms with Crippen LogP contribution in [-0.4, -0.2) is 14.5 Å². The summed E-state index contributed by atoms with van der Waals surface area (Å²) in [5.41, 5.74) is 0.642. The van der Waals surface area contributed by atoms with Gasteiger partial charge >= 0.3 is 5.69 Å². The van der Waals surface area contributed by atoms with Crippen molar-refractivity contribution in [3.05, 3.63) is 81.3 Å². The van der Waals surface area contributed by atoms with E-state index in [1.165, 1.54) is 23.1 Å². The van der Waals surface area contributed by atoms with Crippen LogP contribution in [0.15, 0.2) is 63.4 Å². The molecule has 29 heavy (non-hydrogen) atoms. The molecule has 0 aliphatic heterocycles. The number of nitrogens with one attached hydrogen (secondary N) is 1. The van der Waals surface area contributed by atoms with Crippen molar-refractivity contribution in [1.29, 1.82) is 0 Å². The van der Waals surface area contributed by atoms with Gasteiger partial charge in [-0.2, -0.15) is 0 Å². The molecule has 0 unspecified atom stereocenters. The SMILES string of the molecule is C=Cn1c(-c2ccc(Oc3nccc4occc34)cc2CF)c(C)c(=O)[nH]c1=O. The number of rotatable bonds is 5. The lowest BCUT2D eigenvalue weighted by molar-refractivity contribution is 0.460. The van der Waals surface area contributed by atoms with Crippen LogP contribution in [0.5, 0.6) is 11.6 Å². The fraction of sp³-hybridized carbons (Fsp3) is 0.0952. The van der Waals surface area contributed by atoms with E-state index in [0.717, 1.165) is 0 Å². The number of fused-ring (bicyclic) bond motifs is 1. The number of aromatic nitrogens is 3. The van der Waals surface area contributed by atoms with Gasteiger partial charge in [-0.3, -0.25) is 14.3 Å². The second-order valence-corrected chi connectivity index (χ2v) is 6.29. The van der Waals surface area contributed by atoms with E-state index < -0.39 is 17.9 Å². The Labute approximate surface area is 163 Å². The molecular formula is C21H16FN3O4. The van der Waals surface area contributed by atoms with Crippen LogP contribution in [0, 0.1) is 6.92 Å². The lowest BCUT2D eigenvalue weighted by Gasteiger charge is -2.15. The Bertz CT molecular complexity index is 1350. The molecule has 0 bridgehead atoms. The van der Waals surface area contributed by atoms with Crippen LogP contribution in [0.1, 0.15) is 11.1 Å². The normalized spacial score (nSPS) is 11.0. The Morgan fingerprint density at radius 3 is 2.90 bits per heavy atom. The number of nitrogens with zero attached hydrogens (tertiary/aromatic N) is 2. The maximum atomic E-state index is 13.9. The van der Waals surface area contributed by atoms with Crippen molar-refractivity contribution >= 4 is 17.2 Å². The quantitative estimate of drug-likeness (QED) is 0.553. The van der Waals surface area contributed by atoms with Crippen molar-refractivity contribution in [2.45, 2.75) is 13.6 Å². The molecule has 0 aliphatic rings. The van der Waals surface area contributed by atoms with Crippen molar-refractivity contribution in [3.63, 3.8) is 0 Å². The zero-order valence-electron chi connectivity index (χ0n) is 15.4. The summed E-state index contributed by atoms with van der Waals surface area (Å²) in [6.07, 6.45) is 4.35. The molecule has 4 rings (SSSR count). The van der Waals surface area contributed by atoms with E-state index in [1.54, 1.807) is 37.4 Å². The Morgan fingerprint density at radius 2 is 2.14 bits per heavy atom. The highest BCUT2D eigenvalue weighted by atomic mass is 19.1. The first-order valence-electron chi connectivity index (χ1n) is 8.70. The zero-order chi connectivity index (χ0) is 20.5. The molecule has 0 radical (unpaired) electrons. The van der Waals surface area contributed by atoms with Crippen molar-refractivity contribution in [2.24, 2.45) is 0 Å². The average Bonchev–Trinajstić information content (AvgIpc) is 3.20. The molecule has 4 aromatic rings. The lowest BCUT2D eigenvalue weighted by atomic mass is 10.0. The number of pyridine rings is 1. The summed E-state index contributed by atoms with van der Waals surface area (Å²) in [5.74, 6) is 0.682. The summed E-state index contributed by atoms with van der Waals surface area (Å²) in [6.45, 7) is 4.34. The second kappa shape index (κ2) is 7.23. The van der Waals surface area contributed by atoms with Gasteiger partial charge in [0.25, 0.3) is 5.56 Å². The number of hydrogen-bond acceptors (Lipinski definition) is 5. The second-order valence-electron chi connectivity index (χ2n) is 6.29. The van der Waals surface area contributed by atoms with Gasteiger partial charge in [0.1, 0.15) is 18.0 Å². The molecular weight excluding hydrogens is 377 g/mol. The Morgan fingerprint density at radius 1 is 1.31 bits per heavy atom. The third kappa shape index (κ3) is 3.14. The highest BCUT2D eigenvalue weighted by Gasteiger charge is 2.17. The van der Waals surface area contributed by atoms with Gasteiger partial charge in [-0.25, -0.2) is 14.2 Å². The predicted molar refractivity (Wildman–Crippen MR) is 107 cm³/mol. The first-order chi connectivity index (χ1) is 14.0. The van der Waals surface area contributed by atoms with Crippen LogP contribution in [-0.2, 0) is 6.67 Å². The van der Waals surface area contributed by atoms with Crippen LogP contribution in [0.4, 0.5) is 4.39 Å². The number of alkyl halides is 1. The van der Waals surface area contributed by atoms with E-state index >= 15 is 0 Å². The maximum absolute atomic E-state index is 13.9. The minimum absolute atomic E-state index is 0.255. The molecule has 146 valence electrons. The third-order valence-electron chi connectivity index (χ3n) is 4.59. The van der Waals surface area contributed by atoms with Crippen molar-refractivity contribution in [3.8, 4) is 22.9 Å². The molecule has 7 nitrogen and oxygen atoms in total. The number of H-pyrrole nitrogens is 1. The Balaban J connectivity index is 1.83. The Kier molecular flexibility index (Phi) is 4.59. The molecule has 0 saturated heterocycles. The number of furan rings is 1. The monoisotopic (exact) mass is 393 g/mol. The van der Waals surface area contributed by atoms with E-state index in [9.17, 15) is 14.0 Å². The number of hydrogen-bond donors (Lipinski definition) is 1. The summed E-state index contributed by atoms with van der Waals surface area (Å²) in [4.78, 5) is 30.6. The van der Waals surface area contributed by atoms with Crippen molar-refractivity contribution in [2.75, 3.05) is 0 Å². The van der Waals surface area contributed by atoms with Crippen LogP contribution in [0.3, 0.4) is 0 Å². The minimum atomic E-state index is -0.826. The van der Waals surface area contributed by atoms with E-state index in [1.807, 2.05) is 0 Å². The highest BCUT2D eigenvalue weighted by Crippen LogP contribution is 2.33. The zero-order valence-corrected chi connectivity index (χ0v) is 15.4. The number of halogens is 1. The van der Waals surface area contributed by atoms with Gasteiger partial charge < -0.3 is 9.15 Å². The van der Waals surface area contributed by atoms with Crippen molar-refractivity contribution in [1.82, 2.24) is 14.5 Å². The fourth-order valence-electron chi connectivity index (χ4n) is 3.18. The molecule has 3 heterocycles. The Hall–Kier alpha value is -3.94. The first kappa shape index (κ1) is 18.4. The molecule has 0 saturated carbocycles. The van der Waals surface area contributed by atoms with E-state index in [0.29, 0.717) is 28.2 Å². The van der Waals surface area contributed by atoms with E-state index in [2.05, 4.69) is 16.5 Å². The topological polar surface area (TPSA) is 90.1 Å². The van der Waals surface area contributed by atoms with Gasteiger partial charge in [-0.05, 0) is 42.8 Å². The van der Waals surface area contributed by atoms with Crippen LogP contribution >= 0.6 is 0 Å². The predicted octanol–water partition coefficient (Wildman–Crippen LogP) is 4.02. The first-order valence-corrected chi connectivity index (χ1v) is 8.70. The maximum Gasteiger partial charge on any atom is 0.332 e. The fourth-order valence-corrected chi connectivity index (χ4v) is 3.18. The molecule has 3 aromatic heterocycles. The summed E-state index contributed by atoms with van der Waals surface area (Å²) in [7, 11) is 0. The standard InChI is InChI=1S/C21H16FN3O4/c1-3-25-18(12(2)19(26)24-21(25)27)15-5-4-14(10-13(15)11-22)29-20-16-7-9-28-17(16)6-8-23-20/h3-10H,1,11H2,2H3,(H,24,26,27). The average molecular weight is 393 g/mol. The minimum Gasteiger partial charge on any atom is -0.464 e. The third-order valence-corrected chi connectivity index (χ3v) is 4.59. The van der Waals surface area contributed by atoms with Gasteiger partial charge in [0.15, 0.2) is 0 Å². The number of benzene rings is 1. The molecule has 0 aliphatic carbocycles. The smallest absolute Gasteiger partial charge is 0.332 e. The molecule has 8 heteroatoms. The molecule has 1 aromatic carbocycles. The van der Waals surface area contributed by atoms with Gasteiger partial charge in [0, 0.05) is 23.5 Å². The van der Waals surface area contributed by atoms with Gasteiger partial charge in [-0.1, -0.05) is 6.58 Å². The molecule has 0 fully saturated rings. The summed E-state index contributed by atoms with van der Waals surface area (Å²) >= 11 is 0. The van der Waals surface area contributed by atoms with Gasteiger partial charge in [0.2, 0.25) is 5.88 Å². The summed E-state index contributed by atoms with van der Waals surface area (Å²) in [6, 6.07) is 8.16. The molecule has 1 N–H and O–H groups in total. The highest BCUT2D eigenvalue weighted by molar-refractivity contribution is 5.82. The van der Waals surface area contributed by atoms with Crippen LogP contribution in [0.25, 0.3) is 28.4 Å². The largest absolute Gasteiger partial charge is 0.464 e. The summed E-state index contributed by atoms with van der Waals surface area (Å²) in [5, 5.41) is 0.685. The molecule has 0 amide bonds. The number of aromatic amines is 1. The lowest BCUT2D eigenvalue weighted by Crippen LogP contribution is -2.30. The molecule has 0 spiro atoms. The molecule has 0 atom stereocenters. The number of ether oxygens (including phenoxy) is 1.